The molecule has 0 spiro atoms. The van der Waals surface area contributed by atoms with E-state index >= 15 is 0 Å². The van der Waals surface area contributed by atoms with Crippen LogP contribution in [-0.4, -0.2) is 65.7 Å². The molecule has 1 heterocycles. The van der Waals surface area contributed by atoms with Crippen LogP contribution in [0.4, 0.5) is 5.69 Å². The van der Waals surface area contributed by atoms with Crippen LogP contribution in [0.2, 0.25) is 0 Å². The number of aliphatic hydroxyl groups excluding tert-OH is 2. The molecule has 0 radical (unpaired) electrons. The highest BCUT2D eigenvalue weighted by Gasteiger charge is 2.35. The average molecular weight is 1310 g/mol. The molecule has 11 heteroatoms. The number of carbonyl (C=O) groups is 2. The maximum Gasteiger partial charge on any atom is 0.305 e. The number of ether oxygens (including phenoxy) is 5. The highest BCUT2D eigenvalue weighted by Crippen LogP contribution is 2.45. The van der Waals surface area contributed by atoms with Crippen molar-refractivity contribution in [1.29, 1.82) is 0 Å². The molecule has 0 saturated heterocycles. The Labute approximate surface area is 579 Å². The van der Waals surface area contributed by atoms with E-state index in [1.165, 1.54) is 97.6 Å². The number of esters is 1. The number of fused-ring (bicyclic) bond motifs is 2. The molecule has 8 aromatic rings. The van der Waals surface area contributed by atoms with Gasteiger partial charge in [0.05, 0.1) is 24.9 Å². The van der Waals surface area contributed by atoms with Crippen molar-refractivity contribution >= 4 is 23.8 Å². The molecule has 4 atom stereocenters. The lowest BCUT2D eigenvalue weighted by molar-refractivity contribution is -0.147. The number of unbranched alkanes of at least 4 members (excludes halogenated alkanes) is 11. The van der Waals surface area contributed by atoms with Gasteiger partial charge in [0.2, 0.25) is 5.91 Å². The predicted octanol–water partition coefficient (Wildman–Crippen LogP) is 21.8. The summed E-state index contributed by atoms with van der Waals surface area (Å²) in [6, 6.07) is 66.5. The summed E-state index contributed by atoms with van der Waals surface area (Å²) in [6.07, 6.45) is 27.4. The van der Waals surface area contributed by atoms with E-state index in [0.717, 1.165) is 110 Å². The summed E-state index contributed by atoms with van der Waals surface area (Å²) in [4.78, 5) is 29.9. The summed E-state index contributed by atoms with van der Waals surface area (Å²) in [5.41, 5.74) is 10.3. The van der Waals surface area contributed by atoms with Crippen molar-refractivity contribution in [3.63, 3.8) is 0 Å². The lowest BCUT2D eigenvalue weighted by atomic mass is 9.77. The van der Waals surface area contributed by atoms with Gasteiger partial charge in [-0.15, -0.1) is 0 Å². The Morgan fingerprint density at radius 1 is 0.546 bits per heavy atom. The number of rotatable bonds is 33. The molecule has 1 aliphatic heterocycles. The molecule has 97 heavy (non-hydrogen) atoms. The molecule has 1 amide bonds. The number of nitrogens with zero attached hydrogens (tertiary/aromatic N) is 2. The molecule has 10 rings (SSSR count). The van der Waals surface area contributed by atoms with Crippen LogP contribution in [-0.2, 0) is 33.6 Å². The first kappa shape index (κ1) is 75.6. The minimum atomic E-state index is -0.960. The van der Waals surface area contributed by atoms with Gasteiger partial charge < -0.3 is 38.8 Å². The van der Waals surface area contributed by atoms with Gasteiger partial charge >= 0.3 is 5.97 Å². The van der Waals surface area contributed by atoms with Crippen molar-refractivity contribution in [1.82, 2.24) is 4.90 Å². The molecule has 8 aromatic carbocycles. The van der Waals surface area contributed by atoms with E-state index in [9.17, 15) is 9.59 Å². The fourth-order valence-corrected chi connectivity index (χ4v) is 11.4. The Hall–Kier alpha value is -8.77. The first-order valence-corrected chi connectivity index (χ1v) is 35.7. The van der Waals surface area contributed by atoms with Crippen LogP contribution in [0.3, 0.4) is 0 Å². The Bertz CT molecular complexity index is 3490. The largest absolute Gasteiger partial charge is 0.493 e. The van der Waals surface area contributed by atoms with Gasteiger partial charge in [-0.05, 0) is 187 Å². The Balaban J connectivity index is 0.000000183. The maximum atomic E-state index is 12.0. The summed E-state index contributed by atoms with van der Waals surface area (Å²) in [7, 11) is 0. The Morgan fingerprint density at radius 3 is 1.64 bits per heavy atom. The fourth-order valence-electron chi connectivity index (χ4n) is 11.4. The normalized spacial score (nSPS) is 13.6. The molecule has 0 saturated carbocycles. The molecule has 2 aliphatic rings. The zero-order valence-corrected chi connectivity index (χ0v) is 58.5. The molecular weight excluding hydrogens is 1200 g/mol. The van der Waals surface area contributed by atoms with Gasteiger partial charge in [0.1, 0.15) is 53.0 Å². The second kappa shape index (κ2) is 43.4. The van der Waals surface area contributed by atoms with Crippen molar-refractivity contribution < 1.29 is 43.5 Å². The second-order valence-electron chi connectivity index (χ2n) is 25.5. The molecule has 0 fully saturated rings. The predicted molar refractivity (Wildman–Crippen MR) is 397 cm³/mol. The van der Waals surface area contributed by atoms with Crippen molar-refractivity contribution in [2.24, 2.45) is 16.8 Å². The van der Waals surface area contributed by atoms with Gasteiger partial charge in [-0.3, -0.25) is 14.6 Å². The number of aliphatic imine (C=N–C) groups is 1. The van der Waals surface area contributed by atoms with Crippen LogP contribution in [0.1, 0.15) is 178 Å². The third-order valence-electron chi connectivity index (χ3n) is 17.4. The molecule has 0 aromatic heterocycles. The number of para-hydroxylation sites is 2. The molecule has 4 unspecified atom stereocenters. The summed E-state index contributed by atoms with van der Waals surface area (Å²) in [6.45, 7) is 14.0. The monoisotopic (exact) mass is 1310 g/mol. The summed E-state index contributed by atoms with van der Waals surface area (Å²) in [5.74, 6) is 6.54. The van der Waals surface area contributed by atoms with Crippen molar-refractivity contribution in [2.45, 2.75) is 176 Å². The number of hydrogen-bond acceptors (Lipinski definition) is 10. The van der Waals surface area contributed by atoms with E-state index in [1.54, 1.807) is 6.92 Å². The summed E-state index contributed by atoms with van der Waals surface area (Å²) >= 11 is 0. The zero-order valence-electron chi connectivity index (χ0n) is 58.5. The SMILES string of the molecule is CC(=O)N1CCc2cccc3c2C1Cc1ccccc1-3.CCC(C)COc1ccc(C=Nc2ccc(CC(C)CC)cc2)cc1.CCCCCCCC/C=C\CCCCCCCC(=O)OCC(O)CO.c1ccc(Oc2cccc(Oc3cccc(Oc4ccccc4)c3)c2)cc1. The summed E-state index contributed by atoms with van der Waals surface area (Å²) in [5, 5.41) is 17.7. The topological polar surface area (TPSA) is 136 Å². The van der Waals surface area contributed by atoms with E-state index in [4.69, 9.17) is 33.9 Å². The van der Waals surface area contributed by atoms with E-state index < -0.39 is 6.10 Å². The standard InChI is InChI=1S/C24H18O3.C23H31NO.C21H40O4.C18H17NO/c1-3-9-19(10-4-1)25-21-13-7-15-23(17-21)27-24-16-8-14-22(18-24)26-20-11-5-2-6-12-20;1-5-18(3)15-20-7-11-22(12-8-20)24-16-21-9-13-23(14-10-21)25-17-19(4)6-2;1-2-3-4-5-6-7-8-9-10-11-12-13-14-15-16-17-21(24)25-19-20(23)18-22;1-12(20)19-10-9-13-6-4-8-16-15-7-3-2-5-14(15)11-17(19)18(13)16/h1-18H;7-14,16,18-19H,5-6,15,17H2,1-4H3;9-10,20,22-23H,2-8,11-19H2,1H3;2-8,17H,9-11H2,1H3/b;;10-9-;. The molecule has 514 valence electrons. The number of benzene rings is 8. The molecular formula is C86H106N2O9. The van der Waals surface area contributed by atoms with Gasteiger partial charge in [0.15, 0.2) is 0 Å². The van der Waals surface area contributed by atoms with Crippen LogP contribution < -0.4 is 18.9 Å². The lowest BCUT2D eigenvalue weighted by Crippen LogP contribution is -2.41. The van der Waals surface area contributed by atoms with E-state index in [0.29, 0.717) is 23.8 Å². The lowest BCUT2D eigenvalue weighted by Gasteiger charge is -2.41. The van der Waals surface area contributed by atoms with E-state index in [-0.39, 0.29) is 31.1 Å². The number of aliphatic hydroxyl groups is 2. The molecule has 11 nitrogen and oxygen atoms in total. The van der Waals surface area contributed by atoms with Crippen LogP contribution >= 0.6 is 0 Å². The van der Waals surface area contributed by atoms with Crippen LogP contribution in [0, 0.1) is 11.8 Å². The number of hydrogen-bond donors (Lipinski definition) is 2. The van der Waals surface area contributed by atoms with Gasteiger partial charge in [-0.1, -0.05) is 214 Å². The first-order valence-electron chi connectivity index (χ1n) is 35.7. The Morgan fingerprint density at radius 2 is 1.06 bits per heavy atom. The van der Waals surface area contributed by atoms with Gasteiger partial charge in [0, 0.05) is 38.2 Å². The third-order valence-corrected chi connectivity index (χ3v) is 17.4. The zero-order chi connectivity index (χ0) is 68.7. The van der Waals surface area contributed by atoms with E-state index in [2.05, 4.69) is 118 Å². The quantitative estimate of drug-likeness (QED) is 0.0178. The van der Waals surface area contributed by atoms with Gasteiger partial charge in [-0.25, -0.2) is 0 Å². The second-order valence-corrected chi connectivity index (χ2v) is 25.5. The minimum absolute atomic E-state index is 0.111. The fraction of sp³-hybridized carbons (Fsp3) is 0.384. The van der Waals surface area contributed by atoms with Crippen molar-refractivity contribution in [2.75, 3.05) is 26.4 Å². The number of allylic oxidation sites excluding steroid dienone is 2. The average Bonchev–Trinajstić information content (AvgIpc) is 0.746. The first-order chi connectivity index (χ1) is 47.4. The van der Waals surface area contributed by atoms with Crippen LogP contribution in [0.15, 0.2) is 217 Å². The highest BCUT2D eigenvalue weighted by atomic mass is 16.5. The molecule has 0 bridgehead atoms. The number of carbonyl (C=O) groups excluding carboxylic acids is 2. The highest BCUT2D eigenvalue weighted by molar-refractivity contribution is 5.82. The van der Waals surface area contributed by atoms with Gasteiger partial charge in [0.25, 0.3) is 0 Å². The van der Waals surface area contributed by atoms with E-state index in [1.807, 2.05) is 145 Å². The third kappa shape index (κ3) is 27.7. The van der Waals surface area contributed by atoms with Crippen molar-refractivity contribution in [3.05, 3.63) is 240 Å². The molecule has 2 N–H and O–H groups in total. The number of amides is 1. The maximum absolute atomic E-state index is 12.0. The summed E-state index contributed by atoms with van der Waals surface area (Å²) < 4.78 is 28.3. The van der Waals surface area contributed by atoms with Crippen LogP contribution in [0.25, 0.3) is 11.1 Å². The Kier molecular flexibility index (Phi) is 33.8. The van der Waals surface area contributed by atoms with Crippen molar-refractivity contribution in [3.8, 4) is 51.4 Å². The van der Waals surface area contributed by atoms with Gasteiger partial charge in [-0.2, -0.15) is 0 Å². The van der Waals surface area contributed by atoms with Crippen LogP contribution in [0.5, 0.6) is 40.2 Å². The molecule has 1 aliphatic carbocycles. The minimum Gasteiger partial charge on any atom is -0.493 e. The smallest absolute Gasteiger partial charge is 0.305 e.